The molecule has 4 aliphatic rings. The molecule has 1 radical (unpaired) electrons. The van der Waals surface area contributed by atoms with Crippen molar-refractivity contribution in [2.75, 3.05) is 0 Å². The quantitative estimate of drug-likeness (QED) is 0.495. The van der Waals surface area contributed by atoms with Crippen molar-refractivity contribution in [1.29, 1.82) is 0 Å². The summed E-state index contributed by atoms with van der Waals surface area (Å²) in [5.41, 5.74) is 0. The van der Waals surface area contributed by atoms with Gasteiger partial charge in [0.25, 0.3) is 0 Å². The molecule has 0 aromatic rings. The summed E-state index contributed by atoms with van der Waals surface area (Å²) in [6, 6.07) is 0. The van der Waals surface area contributed by atoms with Crippen molar-refractivity contribution in [3.05, 3.63) is 5.92 Å². The normalized spacial score (nSPS) is 50.8. The summed E-state index contributed by atoms with van der Waals surface area (Å²) in [6.07, 6.45) is 7.80. The van der Waals surface area contributed by atoms with E-state index in [4.69, 9.17) is 0 Å². The highest BCUT2D eigenvalue weighted by Gasteiger charge is 2.46. The molecular formula is C11H19Mg. The van der Waals surface area contributed by atoms with Gasteiger partial charge in [-0.3, -0.25) is 0 Å². The predicted octanol–water partition coefficient (Wildman–Crippen LogP) is 2.12. The molecule has 0 aromatic carbocycles. The van der Waals surface area contributed by atoms with Gasteiger partial charge in [-0.15, -0.1) is 0 Å². The van der Waals surface area contributed by atoms with Crippen LogP contribution >= 0.6 is 0 Å². The van der Waals surface area contributed by atoms with E-state index in [1.54, 1.807) is 32.1 Å². The van der Waals surface area contributed by atoms with Crippen LogP contribution in [0.15, 0.2) is 0 Å². The Kier molecular flexibility index (Phi) is 2.46. The second kappa shape index (κ2) is 3.16. The zero-order chi connectivity index (χ0) is 7.42. The molecule has 4 aliphatic carbocycles. The SMILES string of the molecule is C[C]1C2CC3CC(C2)CC1C3.[MgH2]. The van der Waals surface area contributed by atoms with Crippen molar-refractivity contribution in [2.45, 2.75) is 39.0 Å². The molecule has 4 rings (SSSR count). The lowest BCUT2D eigenvalue weighted by atomic mass is 9.52. The van der Waals surface area contributed by atoms with Crippen LogP contribution in [0.3, 0.4) is 0 Å². The van der Waals surface area contributed by atoms with E-state index in [-0.39, 0.29) is 23.1 Å². The number of rotatable bonds is 0. The fourth-order valence-corrected chi connectivity index (χ4v) is 3.93. The molecule has 1 heteroatoms. The predicted molar refractivity (Wildman–Crippen MR) is 54.5 cm³/mol. The topological polar surface area (TPSA) is 0 Å². The molecule has 12 heavy (non-hydrogen) atoms. The maximum absolute atomic E-state index is 2.42. The maximum Gasteiger partial charge on any atom is 0.316 e. The van der Waals surface area contributed by atoms with E-state index in [0.717, 1.165) is 23.7 Å². The van der Waals surface area contributed by atoms with Gasteiger partial charge in [0.2, 0.25) is 0 Å². The highest BCUT2D eigenvalue weighted by atomic mass is 24.3. The Morgan fingerprint density at radius 3 is 1.67 bits per heavy atom. The second-order valence-corrected chi connectivity index (χ2v) is 5.05. The molecule has 0 saturated heterocycles. The van der Waals surface area contributed by atoms with E-state index in [1.807, 2.05) is 5.92 Å². The molecule has 65 valence electrons. The fourth-order valence-electron chi connectivity index (χ4n) is 3.93. The van der Waals surface area contributed by atoms with Crippen molar-refractivity contribution in [3.8, 4) is 0 Å². The number of hydrogen-bond acceptors (Lipinski definition) is 0. The summed E-state index contributed by atoms with van der Waals surface area (Å²) in [5, 5.41) is 0. The van der Waals surface area contributed by atoms with Crippen LogP contribution in [0, 0.1) is 29.6 Å². The first kappa shape index (κ1) is 9.33. The molecule has 4 bridgehead atoms. The molecule has 0 atom stereocenters. The van der Waals surface area contributed by atoms with E-state index < -0.39 is 0 Å². The summed E-state index contributed by atoms with van der Waals surface area (Å²) >= 11 is 0. The summed E-state index contributed by atoms with van der Waals surface area (Å²) in [4.78, 5) is 0. The van der Waals surface area contributed by atoms with E-state index in [0.29, 0.717) is 0 Å². The minimum absolute atomic E-state index is 0. The molecule has 0 nitrogen and oxygen atoms in total. The monoisotopic (exact) mass is 175 g/mol. The van der Waals surface area contributed by atoms with Crippen LogP contribution in [0.5, 0.6) is 0 Å². The van der Waals surface area contributed by atoms with Gasteiger partial charge in [0.15, 0.2) is 0 Å². The third-order valence-electron chi connectivity index (χ3n) is 4.43. The Morgan fingerprint density at radius 2 is 1.25 bits per heavy atom. The summed E-state index contributed by atoms with van der Waals surface area (Å²) in [6.45, 7) is 2.42. The lowest BCUT2D eigenvalue weighted by Crippen LogP contribution is -2.42. The standard InChI is InChI=1S/C11H17.Mg.2H/c1-7-10-3-8-2-9(5-10)6-11(7)4-8;;;/h8-11H,2-6H2,1H3;;;. The lowest BCUT2D eigenvalue weighted by Gasteiger charge is -2.53. The minimum Gasteiger partial charge on any atom is -0.0586 e. The van der Waals surface area contributed by atoms with Crippen molar-refractivity contribution in [1.82, 2.24) is 0 Å². The molecular weight excluding hydrogens is 156 g/mol. The average molecular weight is 176 g/mol. The molecule has 0 heterocycles. The number of hydrogen-bond donors (Lipinski definition) is 0. The molecule has 0 unspecified atom stereocenters. The van der Waals surface area contributed by atoms with Crippen LogP contribution in [0.1, 0.15) is 39.0 Å². The Hall–Kier alpha value is 0.766. The molecule has 4 fully saturated rings. The van der Waals surface area contributed by atoms with E-state index >= 15 is 0 Å². The first-order valence-electron chi connectivity index (χ1n) is 5.16. The zero-order valence-electron chi connectivity index (χ0n) is 7.34. The van der Waals surface area contributed by atoms with Crippen LogP contribution in [-0.4, -0.2) is 23.1 Å². The fraction of sp³-hybridized carbons (Fsp3) is 0.909. The van der Waals surface area contributed by atoms with Gasteiger partial charge in [0, 0.05) is 0 Å². The summed E-state index contributed by atoms with van der Waals surface area (Å²) in [7, 11) is 0. The van der Waals surface area contributed by atoms with E-state index in [1.165, 1.54) is 0 Å². The smallest absolute Gasteiger partial charge is 0.0586 e. The second-order valence-electron chi connectivity index (χ2n) is 5.05. The highest BCUT2D eigenvalue weighted by molar-refractivity contribution is 5.75. The van der Waals surface area contributed by atoms with Gasteiger partial charge < -0.3 is 0 Å². The molecule has 0 N–H and O–H groups in total. The van der Waals surface area contributed by atoms with Crippen LogP contribution in [0.2, 0.25) is 0 Å². The average Bonchev–Trinajstić information content (AvgIpc) is 1.98. The van der Waals surface area contributed by atoms with Crippen molar-refractivity contribution in [2.24, 2.45) is 23.7 Å². The Bertz CT molecular complexity index is 148. The molecule has 0 aromatic heterocycles. The Morgan fingerprint density at radius 1 is 0.833 bits per heavy atom. The zero-order valence-corrected chi connectivity index (χ0v) is 7.34. The molecule has 0 aliphatic heterocycles. The van der Waals surface area contributed by atoms with Gasteiger partial charge in [0.1, 0.15) is 0 Å². The van der Waals surface area contributed by atoms with Gasteiger partial charge in [-0.05, 0) is 61.7 Å². The minimum atomic E-state index is 0. The maximum atomic E-state index is 2.42. The largest absolute Gasteiger partial charge is 0.316 e. The van der Waals surface area contributed by atoms with Gasteiger partial charge in [0.05, 0.1) is 0 Å². The third kappa shape index (κ3) is 1.24. The highest BCUT2D eigenvalue weighted by Crippen LogP contribution is 2.57. The van der Waals surface area contributed by atoms with E-state index in [9.17, 15) is 0 Å². The molecule has 4 saturated carbocycles. The van der Waals surface area contributed by atoms with E-state index in [2.05, 4.69) is 6.92 Å². The molecule has 0 amide bonds. The first-order valence-corrected chi connectivity index (χ1v) is 5.16. The van der Waals surface area contributed by atoms with Crippen molar-refractivity contribution >= 4 is 23.1 Å². The van der Waals surface area contributed by atoms with Gasteiger partial charge >= 0.3 is 23.1 Å². The Labute approximate surface area is 91.6 Å². The third-order valence-corrected chi connectivity index (χ3v) is 4.43. The Balaban J connectivity index is 0.000000563. The van der Waals surface area contributed by atoms with Crippen LogP contribution in [0.4, 0.5) is 0 Å². The van der Waals surface area contributed by atoms with Crippen molar-refractivity contribution in [3.63, 3.8) is 0 Å². The summed E-state index contributed by atoms with van der Waals surface area (Å²) < 4.78 is 0. The molecule has 0 spiro atoms. The summed E-state index contributed by atoms with van der Waals surface area (Å²) in [5.74, 6) is 6.28. The van der Waals surface area contributed by atoms with Gasteiger partial charge in [-0.2, -0.15) is 0 Å². The lowest BCUT2D eigenvalue weighted by molar-refractivity contribution is 0.0435. The first-order chi connectivity index (χ1) is 5.33. The van der Waals surface area contributed by atoms with Crippen LogP contribution < -0.4 is 0 Å². The van der Waals surface area contributed by atoms with Crippen molar-refractivity contribution < 1.29 is 0 Å². The van der Waals surface area contributed by atoms with Crippen LogP contribution in [0.25, 0.3) is 0 Å². The van der Waals surface area contributed by atoms with Gasteiger partial charge in [-0.1, -0.05) is 6.92 Å². The van der Waals surface area contributed by atoms with Crippen LogP contribution in [-0.2, 0) is 0 Å². The van der Waals surface area contributed by atoms with Gasteiger partial charge in [-0.25, -0.2) is 0 Å².